The lowest BCUT2D eigenvalue weighted by Gasteiger charge is -2.32. The zero-order chi connectivity index (χ0) is 21.0. The van der Waals surface area contributed by atoms with Crippen LogP contribution < -0.4 is 4.74 Å². The molecule has 1 aromatic heterocycles. The third-order valence-corrected chi connectivity index (χ3v) is 7.42. The van der Waals surface area contributed by atoms with Gasteiger partial charge in [0.05, 0.1) is 31.2 Å². The van der Waals surface area contributed by atoms with Crippen LogP contribution in [0.2, 0.25) is 0 Å². The molecule has 0 radical (unpaired) electrons. The fourth-order valence-electron chi connectivity index (χ4n) is 4.00. The Labute approximate surface area is 178 Å². The number of piperidine rings is 1. The second kappa shape index (κ2) is 9.41. The summed E-state index contributed by atoms with van der Waals surface area (Å²) in [5, 5.41) is 0. The molecule has 1 atom stereocenters. The minimum absolute atomic E-state index is 0.0147. The molecule has 0 aliphatic carbocycles. The van der Waals surface area contributed by atoms with Crippen molar-refractivity contribution in [3.63, 3.8) is 0 Å². The van der Waals surface area contributed by atoms with Crippen molar-refractivity contribution in [1.82, 2.24) is 14.3 Å². The first-order valence-corrected chi connectivity index (χ1v) is 12.3. The van der Waals surface area contributed by atoms with Crippen LogP contribution in [0.1, 0.15) is 42.4 Å². The minimum atomic E-state index is -3.40. The van der Waals surface area contributed by atoms with Gasteiger partial charge >= 0.3 is 0 Å². The molecule has 0 N–H and O–H groups in total. The second-order valence-corrected chi connectivity index (χ2v) is 9.79. The predicted octanol–water partition coefficient (Wildman–Crippen LogP) is 2.53. The SMILES string of the molecule is CCc1nc2c(c(OC3CCCN(S(=O)(=O)Cc4ccccc4)C3)n1)CCOCC2. The van der Waals surface area contributed by atoms with E-state index in [0.717, 1.165) is 54.7 Å². The molecule has 0 spiro atoms. The summed E-state index contributed by atoms with van der Waals surface area (Å²) in [6.45, 7) is 4.19. The monoisotopic (exact) mass is 431 g/mol. The fourth-order valence-corrected chi connectivity index (χ4v) is 5.60. The van der Waals surface area contributed by atoms with Crippen molar-refractivity contribution in [3.05, 3.63) is 53.0 Å². The Balaban J connectivity index is 1.50. The summed E-state index contributed by atoms with van der Waals surface area (Å²) in [4.78, 5) is 9.31. The number of hydrogen-bond acceptors (Lipinski definition) is 6. The van der Waals surface area contributed by atoms with Gasteiger partial charge < -0.3 is 9.47 Å². The van der Waals surface area contributed by atoms with Crippen LogP contribution in [0.5, 0.6) is 5.88 Å². The summed E-state index contributed by atoms with van der Waals surface area (Å²) >= 11 is 0. The van der Waals surface area contributed by atoms with Gasteiger partial charge in [0.25, 0.3) is 0 Å². The van der Waals surface area contributed by atoms with E-state index in [1.807, 2.05) is 37.3 Å². The zero-order valence-corrected chi connectivity index (χ0v) is 18.2. The summed E-state index contributed by atoms with van der Waals surface area (Å²) in [7, 11) is -3.40. The number of hydrogen-bond donors (Lipinski definition) is 0. The Morgan fingerprint density at radius 3 is 2.77 bits per heavy atom. The highest BCUT2D eigenvalue weighted by atomic mass is 32.2. The molecule has 0 saturated carbocycles. The van der Waals surface area contributed by atoms with Gasteiger partial charge in [-0.3, -0.25) is 0 Å². The molecule has 1 aromatic carbocycles. The Morgan fingerprint density at radius 1 is 1.17 bits per heavy atom. The average Bonchev–Trinajstić information content (AvgIpc) is 3.00. The lowest BCUT2D eigenvalue weighted by atomic mass is 10.1. The molecular formula is C22H29N3O4S. The van der Waals surface area contributed by atoms with Crippen LogP contribution in [0.15, 0.2) is 30.3 Å². The van der Waals surface area contributed by atoms with Crippen molar-refractivity contribution in [3.8, 4) is 5.88 Å². The van der Waals surface area contributed by atoms with Crippen LogP contribution in [0.25, 0.3) is 0 Å². The first-order chi connectivity index (χ1) is 14.5. The third-order valence-electron chi connectivity index (χ3n) is 5.60. The molecule has 2 aromatic rings. The summed E-state index contributed by atoms with van der Waals surface area (Å²) in [6, 6.07) is 9.31. The molecule has 2 aliphatic heterocycles. The highest BCUT2D eigenvalue weighted by Gasteiger charge is 2.31. The maximum Gasteiger partial charge on any atom is 0.220 e. The molecule has 3 heterocycles. The number of aromatic nitrogens is 2. The third kappa shape index (κ3) is 4.99. The molecular weight excluding hydrogens is 402 g/mol. The summed E-state index contributed by atoms with van der Waals surface area (Å²) in [6.07, 6.45) is 3.58. The van der Waals surface area contributed by atoms with Crippen LogP contribution in [0.4, 0.5) is 0 Å². The number of ether oxygens (including phenoxy) is 2. The Morgan fingerprint density at radius 2 is 1.97 bits per heavy atom. The zero-order valence-electron chi connectivity index (χ0n) is 17.4. The normalized spacial score (nSPS) is 20.4. The van der Waals surface area contributed by atoms with Gasteiger partial charge in [0, 0.05) is 31.4 Å². The van der Waals surface area contributed by atoms with Gasteiger partial charge in [-0.1, -0.05) is 37.3 Å². The topological polar surface area (TPSA) is 81.6 Å². The maximum atomic E-state index is 13.0. The van der Waals surface area contributed by atoms with Crippen molar-refractivity contribution in [2.45, 2.75) is 50.9 Å². The number of fused-ring (bicyclic) bond motifs is 1. The van der Waals surface area contributed by atoms with Gasteiger partial charge in [0.1, 0.15) is 11.9 Å². The quantitative estimate of drug-likeness (QED) is 0.699. The lowest BCUT2D eigenvalue weighted by molar-refractivity contribution is 0.121. The highest BCUT2D eigenvalue weighted by molar-refractivity contribution is 7.88. The van der Waals surface area contributed by atoms with Crippen molar-refractivity contribution in [2.75, 3.05) is 26.3 Å². The van der Waals surface area contributed by atoms with E-state index in [1.165, 1.54) is 0 Å². The van der Waals surface area contributed by atoms with Crippen LogP contribution in [0, 0.1) is 0 Å². The maximum absolute atomic E-state index is 13.0. The molecule has 8 heteroatoms. The molecule has 0 bridgehead atoms. The molecule has 2 aliphatic rings. The van der Waals surface area contributed by atoms with E-state index in [-0.39, 0.29) is 11.9 Å². The highest BCUT2D eigenvalue weighted by Crippen LogP contribution is 2.27. The number of sulfonamides is 1. The van der Waals surface area contributed by atoms with Gasteiger partial charge in [0.15, 0.2) is 0 Å². The van der Waals surface area contributed by atoms with Crippen molar-refractivity contribution in [1.29, 1.82) is 0 Å². The number of rotatable bonds is 6. The van der Waals surface area contributed by atoms with E-state index < -0.39 is 10.0 Å². The van der Waals surface area contributed by atoms with E-state index in [1.54, 1.807) is 4.31 Å². The summed E-state index contributed by atoms with van der Waals surface area (Å²) in [5.74, 6) is 1.38. The van der Waals surface area contributed by atoms with E-state index in [4.69, 9.17) is 9.47 Å². The van der Waals surface area contributed by atoms with Crippen LogP contribution in [-0.2, 0) is 39.8 Å². The Kier molecular flexibility index (Phi) is 6.65. The molecule has 30 heavy (non-hydrogen) atoms. The van der Waals surface area contributed by atoms with Gasteiger partial charge in [-0.2, -0.15) is 9.29 Å². The second-order valence-electron chi connectivity index (χ2n) is 7.82. The number of aryl methyl sites for hydroxylation is 1. The molecule has 1 unspecified atom stereocenters. The van der Waals surface area contributed by atoms with Crippen LogP contribution in [-0.4, -0.2) is 55.1 Å². The smallest absolute Gasteiger partial charge is 0.220 e. The lowest BCUT2D eigenvalue weighted by Crippen LogP contribution is -2.45. The van der Waals surface area contributed by atoms with E-state index >= 15 is 0 Å². The van der Waals surface area contributed by atoms with Gasteiger partial charge in [-0.05, 0) is 18.4 Å². The first-order valence-electron chi connectivity index (χ1n) is 10.7. The molecule has 1 fully saturated rings. The predicted molar refractivity (Wildman–Crippen MR) is 114 cm³/mol. The van der Waals surface area contributed by atoms with Gasteiger partial charge in [0.2, 0.25) is 15.9 Å². The fraction of sp³-hybridized carbons (Fsp3) is 0.545. The van der Waals surface area contributed by atoms with Gasteiger partial charge in [-0.25, -0.2) is 13.4 Å². The molecule has 4 rings (SSSR count). The van der Waals surface area contributed by atoms with Gasteiger partial charge in [-0.15, -0.1) is 0 Å². The number of benzene rings is 1. The summed E-state index contributed by atoms with van der Waals surface area (Å²) in [5.41, 5.74) is 2.81. The summed E-state index contributed by atoms with van der Waals surface area (Å²) < 4.78 is 39.4. The Hall–Kier alpha value is -2.03. The van der Waals surface area contributed by atoms with Crippen molar-refractivity contribution in [2.24, 2.45) is 0 Å². The molecule has 7 nitrogen and oxygen atoms in total. The molecule has 162 valence electrons. The average molecular weight is 432 g/mol. The van der Waals surface area contributed by atoms with E-state index in [2.05, 4.69) is 9.97 Å². The minimum Gasteiger partial charge on any atom is -0.473 e. The molecule has 1 saturated heterocycles. The van der Waals surface area contributed by atoms with E-state index in [9.17, 15) is 8.42 Å². The van der Waals surface area contributed by atoms with E-state index in [0.29, 0.717) is 32.2 Å². The van der Waals surface area contributed by atoms with Crippen molar-refractivity contribution < 1.29 is 17.9 Å². The Bertz CT molecular complexity index is 966. The first kappa shape index (κ1) is 21.2. The van der Waals surface area contributed by atoms with Crippen LogP contribution >= 0.6 is 0 Å². The standard InChI is InChI=1S/C22H29N3O4S/c1-2-21-23-20-11-14-28-13-10-19(20)22(24-21)29-18-9-6-12-25(15-18)30(26,27)16-17-7-4-3-5-8-17/h3-5,7-8,18H,2,6,9-16H2,1H3. The van der Waals surface area contributed by atoms with Crippen molar-refractivity contribution >= 4 is 10.0 Å². The van der Waals surface area contributed by atoms with Crippen LogP contribution in [0.3, 0.4) is 0 Å². The molecule has 0 amide bonds. The number of nitrogens with zero attached hydrogens (tertiary/aromatic N) is 3. The largest absolute Gasteiger partial charge is 0.473 e.